The molecule has 0 radical (unpaired) electrons. The number of ether oxygens (including phenoxy) is 2. The van der Waals surface area contributed by atoms with Crippen molar-refractivity contribution < 1.29 is 19.1 Å². The smallest absolute Gasteiger partial charge is 0.424 e. The number of esters is 1. The number of rotatable bonds is 4. The normalized spacial score (nSPS) is 11.5. The summed E-state index contributed by atoms with van der Waals surface area (Å²) in [5, 5.41) is 0. The molecule has 0 aliphatic carbocycles. The molecular formula is C16H16N2O4. The van der Waals surface area contributed by atoms with E-state index in [1.807, 2.05) is 0 Å². The molecule has 0 N–H and O–H groups in total. The standard InChI is InChI=1S/C16H16N2O4/c1-11(2)15(19)21-12(3)13-4-6-14(7-5-13)22-16(20)18-9-8-17-10-18/h4-10,12H,1H2,2-3H3. The summed E-state index contributed by atoms with van der Waals surface area (Å²) in [6.45, 7) is 6.88. The van der Waals surface area contributed by atoms with Crippen LogP contribution in [0, 0.1) is 0 Å². The molecule has 6 nitrogen and oxygen atoms in total. The lowest BCUT2D eigenvalue weighted by Crippen LogP contribution is -2.15. The van der Waals surface area contributed by atoms with E-state index in [0.29, 0.717) is 11.3 Å². The van der Waals surface area contributed by atoms with Crippen molar-refractivity contribution in [2.24, 2.45) is 0 Å². The minimum atomic E-state index is -0.549. The Morgan fingerprint density at radius 2 is 1.95 bits per heavy atom. The Bertz CT molecular complexity index is 675. The van der Waals surface area contributed by atoms with Crippen molar-refractivity contribution in [3.8, 4) is 5.75 Å². The highest BCUT2D eigenvalue weighted by Gasteiger charge is 2.13. The van der Waals surface area contributed by atoms with E-state index in [2.05, 4.69) is 11.6 Å². The monoisotopic (exact) mass is 300 g/mol. The van der Waals surface area contributed by atoms with Crippen LogP contribution in [0.1, 0.15) is 25.5 Å². The molecule has 22 heavy (non-hydrogen) atoms. The lowest BCUT2D eigenvalue weighted by molar-refractivity contribution is -0.143. The van der Waals surface area contributed by atoms with Gasteiger partial charge in [-0.3, -0.25) is 0 Å². The second-order valence-corrected chi connectivity index (χ2v) is 4.73. The molecule has 2 rings (SSSR count). The van der Waals surface area contributed by atoms with Gasteiger partial charge < -0.3 is 9.47 Å². The zero-order valence-electron chi connectivity index (χ0n) is 12.4. The van der Waals surface area contributed by atoms with E-state index in [9.17, 15) is 9.59 Å². The van der Waals surface area contributed by atoms with E-state index < -0.39 is 18.2 Å². The summed E-state index contributed by atoms with van der Waals surface area (Å²) in [7, 11) is 0. The third-order valence-electron chi connectivity index (χ3n) is 2.90. The molecule has 1 atom stereocenters. The van der Waals surface area contributed by atoms with Crippen LogP contribution in [0.25, 0.3) is 0 Å². The van der Waals surface area contributed by atoms with E-state index in [0.717, 1.165) is 5.56 Å². The topological polar surface area (TPSA) is 70.4 Å². The third kappa shape index (κ3) is 3.82. The summed E-state index contributed by atoms with van der Waals surface area (Å²) in [6.07, 6.45) is 3.38. The summed E-state index contributed by atoms with van der Waals surface area (Å²) >= 11 is 0. The maximum absolute atomic E-state index is 11.7. The summed E-state index contributed by atoms with van der Waals surface area (Å²) in [5.74, 6) is -0.0519. The molecular weight excluding hydrogens is 284 g/mol. The van der Waals surface area contributed by atoms with Crippen LogP contribution in [-0.2, 0) is 9.53 Å². The Hall–Kier alpha value is -2.89. The lowest BCUT2D eigenvalue weighted by Gasteiger charge is -2.14. The van der Waals surface area contributed by atoms with Gasteiger partial charge in [-0.05, 0) is 31.5 Å². The first kappa shape index (κ1) is 15.5. The van der Waals surface area contributed by atoms with Crippen molar-refractivity contribution in [3.63, 3.8) is 0 Å². The zero-order chi connectivity index (χ0) is 16.1. The number of hydrogen-bond donors (Lipinski definition) is 0. The van der Waals surface area contributed by atoms with Crippen molar-refractivity contribution in [3.05, 3.63) is 60.7 Å². The van der Waals surface area contributed by atoms with Gasteiger partial charge >= 0.3 is 12.1 Å². The fourth-order valence-corrected chi connectivity index (χ4v) is 1.66. The fourth-order valence-electron chi connectivity index (χ4n) is 1.66. The average molecular weight is 300 g/mol. The molecule has 0 aliphatic rings. The van der Waals surface area contributed by atoms with Crippen molar-refractivity contribution in [2.45, 2.75) is 20.0 Å². The summed E-state index contributed by atoms with van der Waals surface area (Å²) < 4.78 is 11.6. The number of aromatic nitrogens is 2. The Balaban J connectivity index is 1.99. The second-order valence-electron chi connectivity index (χ2n) is 4.73. The predicted octanol–water partition coefficient (Wildman–Crippen LogP) is 3.11. The highest BCUT2D eigenvalue weighted by atomic mass is 16.6. The molecule has 0 spiro atoms. The first-order chi connectivity index (χ1) is 10.5. The highest BCUT2D eigenvalue weighted by molar-refractivity contribution is 5.87. The van der Waals surface area contributed by atoms with E-state index in [1.54, 1.807) is 38.1 Å². The number of benzene rings is 1. The van der Waals surface area contributed by atoms with Gasteiger partial charge in [-0.2, -0.15) is 0 Å². The lowest BCUT2D eigenvalue weighted by atomic mass is 10.1. The maximum atomic E-state index is 11.7. The van der Waals surface area contributed by atoms with Crippen molar-refractivity contribution >= 4 is 12.1 Å². The minimum Gasteiger partial charge on any atom is -0.454 e. The molecule has 0 saturated heterocycles. The summed E-state index contributed by atoms with van der Waals surface area (Å²) in [6, 6.07) is 6.73. The van der Waals surface area contributed by atoms with Gasteiger partial charge in [0, 0.05) is 18.0 Å². The molecule has 114 valence electrons. The first-order valence-electron chi connectivity index (χ1n) is 6.64. The second kappa shape index (κ2) is 6.71. The number of nitrogens with zero attached hydrogens (tertiary/aromatic N) is 2. The molecule has 0 fully saturated rings. The molecule has 0 aliphatic heterocycles. The molecule has 1 unspecified atom stereocenters. The van der Waals surface area contributed by atoms with Crippen LogP contribution in [-0.4, -0.2) is 21.6 Å². The van der Waals surface area contributed by atoms with Gasteiger partial charge in [-0.1, -0.05) is 18.7 Å². The van der Waals surface area contributed by atoms with E-state index in [1.165, 1.54) is 23.3 Å². The molecule has 0 saturated carbocycles. The van der Waals surface area contributed by atoms with E-state index >= 15 is 0 Å². The summed E-state index contributed by atoms with van der Waals surface area (Å²) in [4.78, 5) is 27.0. The van der Waals surface area contributed by atoms with Crippen LogP contribution in [0.2, 0.25) is 0 Å². The highest BCUT2D eigenvalue weighted by Crippen LogP contribution is 2.21. The average Bonchev–Trinajstić information content (AvgIpc) is 3.02. The predicted molar refractivity (Wildman–Crippen MR) is 79.4 cm³/mol. The Kier molecular flexibility index (Phi) is 4.73. The summed E-state index contributed by atoms with van der Waals surface area (Å²) in [5.41, 5.74) is 1.13. The van der Waals surface area contributed by atoms with E-state index in [4.69, 9.17) is 9.47 Å². The van der Waals surface area contributed by atoms with Crippen molar-refractivity contribution in [2.75, 3.05) is 0 Å². The zero-order valence-corrected chi connectivity index (χ0v) is 12.4. The van der Waals surface area contributed by atoms with Gasteiger partial charge in [-0.15, -0.1) is 0 Å². The third-order valence-corrected chi connectivity index (χ3v) is 2.90. The Labute approximate surface area is 128 Å². The number of hydrogen-bond acceptors (Lipinski definition) is 5. The quantitative estimate of drug-likeness (QED) is 0.641. The van der Waals surface area contributed by atoms with Gasteiger partial charge in [0.2, 0.25) is 0 Å². The Morgan fingerprint density at radius 1 is 1.27 bits per heavy atom. The maximum Gasteiger partial charge on any atom is 0.424 e. The van der Waals surface area contributed by atoms with Crippen molar-refractivity contribution in [1.82, 2.24) is 9.55 Å². The van der Waals surface area contributed by atoms with Crippen LogP contribution in [0.15, 0.2) is 55.1 Å². The molecule has 2 aromatic rings. The van der Waals surface area contributed by atoms with Gasteiger partial charge in [-0.25, -0.2) is 19.1 Å². The number of imidazole rings is 1. The SMILES string of the molecule is C=C(C)C(=O)OC(C)c1ccc(OC(=O)n2ccnc2)cc1. The van der Waals surface area contributed by atoms with Crippen molar-refractivity contribution in [1.29, 1.82) is 0 Å². The van der Waals surface area contributed by atoms with E-state index in [-0.39, 0.29) is 0 Å². The van der Waals surface area contributed by atoms with Gasteiger partial charge in [0.15, 0.2) is 0 Å². The molecule has 0 amide bonds. The molecule has 1 aromatic heterocycles. The van der Waals surface area contributed by atoms with Crippen LogP contribution < -0.4 is 4.74 Å². The molecule has 0 bridgehead atoms. The van der Waals surface area contributed by atoms with Crippen LogP contribution >= 0.6 is 0 Å². The Morgan fingerprint density at radius 3 is 2.50 bits per heavy atom. The number of carbonyl (C=O) groups excluding carboxylic acids is 2. The molecule has 1 heterocycles. The van der Waals surface area contributed by atoms with Crippen LogP contribution in [0.4, 0.5) is 4.79 Å². The van der Waals surface area contributed by atoms with Crippen LogP contribution in [0.5, 0.6) is 5.75 Å². The van der Waals surface area contributed by atoms with Gasteiger partial charge in [0.25, 0.3) is 0 Å². The van der Waals surface area contributed by atoms with Gasteiger partial charge in [0.1, 0.15) is 18.2 Å². The van der Waals surface area contributed by atoms with Gasteiger partial charge in [0.05, 0.1) is 0 Å². The van der Waals surface area contributed by atoms with Crippen LogP contribution in [0.3, 0.4) is 0 Å². The fraction of sp³-hybridized carbons (Fsp3) is 0.188. The first-order valence-corrected chi connectivity index (χ1v) is 6.64. The molecule has 1 aromatic carbocycles. The molecule has 6 heteroatoms. The number of carbonyl (C=O) groups is 2. The largest absolute Gasteiger partial charge is 0.454 e. The minimum absolute atomic E-state index is 0.345.